The topological polar surface area (TPSA) is 82.0 Å². The smallest absolute Gasteiger partial charge is 0.126 e. The van der Waals surface area contributed by atoms with Crippen molar-refractivity contribution in [2.75, 3.05) is 13.1 Å². The molecule has 0 fully saturated rings. The van der Waals surface area contributed by atoms with Gasteiger partial charge in [0.1, 0.15) is 35.3 Å². The maximum absolute atomic E-state index is 13.3. The molecule has 1 heterocycles. The van der Waals surface area contributed by atoms with E-state index in [-0.39, 0.29) is 30.1 Å². The van der Waals surface area contributed by atoms with Crippen LogP contribution >= 0.6 is 0 Å². The van der Waals surface area contributed by atoms with Crippen molar-refractivity contribution in [3.05, 3.63) is 59.2 Å². The lowest BCUT2D eigenvalue weighted by atomic mass is 9.95. The number of aliphatic hydroxyl groups excluding tert-OH is 2. The van der Waals surface area contributed by atoms with Gasteiger partial charge in [0.2, 0.25) is 0 Å². The van der Waals surface area contributed by atoms with Crippen LogP contribution in [0, 0.1) is 17.6 Å². The second-order valence-electron chi connectivity index (χ2n) is 8.03. The van der Waals surface area contributed by atoms with Gasteiger partial charge in [0.25, 0.3) is 0 Å². The van der Waals surface area contributed by atoms with Crippen molar-refractivity contribution in [3.63, 3.8) is 0 Å². The Labute approximate surface area is 175 Å². The van der Waals surface area contributed by atoms with E-state index >= 15 is 0 Å². The zero-order valence-electron chi connectivity index (χ0n) is 17.0. The third-order valence-corrected chi connectivity index (χ3v) is 5.70. The molecule has 0 spiro atoms. The van der Waals surface area contributed by atoms with Crippen LogP contribution in [0.4, 0.5) is 8.78 Å². The first kappa shape index (κ1) is 22.5. The van der Waals surface area contributed by atoms with Gasteiger partial charge in [-0.2, -0.15) is 0 Å². The van der Waals surface area contributed by atoms with E-state index in [1.807, 2.05) is 6.92 Å². The third-order valence-electron chi connectivity index (χ3n) is 5.70. The first-order valence-electron chi connectivity index (χ1n) is 10.3. The molecule has 2 aromatic carbocycles. The number of aromatic hydroxyl groups is 1. The fourth-order valence-electron chi connectivity index (χ4n) is 3.69. The van der Waals surface area contributed by atoms with E-state index in [1.54, 1.807) is 6.07 Å². The summed E-state index contributed by atoms with van der Waals surface area (Å²) in [6.45, 7) is 2.44. The molecule has 0 radical (unpaired) electrons. The average molecular weight is 421 g/mol. The van der Waals surface area contributed by atoms with Crippen LogP contribution in [0.25, 0.3) is 0 Å². The number of hydrogen-bond acceptors (Lipinski definition) is 5. The second kappa shape index (κ2) is 10.2. The molecule has 1 unspecified atom stereocenters. The van der Waals surface area contributed by atoms with Crippen molar-refractivity contribution in [3.8, 4) is 11.5 Å². The third kappa shape index (κ3) is 5.90. The van der Waals surface area contributed by atoms with Crippen LogP contribution < -0.4 is 10.1 Å². The van der Waals surface area contributed by atoms with E-state index in [2.05, 4.69) is 5.32 Å². The molecule has 2 aromatic rings. The number of fused-ring (bicyclic) bond motifs is 1. The summed E-state index contributed by atoms with van der Waals surface area (Å²) in [6.07, 6.45) is 0.485. The maximum atomic E-state index is 13.3. The molecule has 4 atom stereocenters. The van der Waals surface area contributed by atoms with Gasteiger partial charge in [-0.1, -0.05) is 6.92 Å². The van der Waals surface area contributed by atoms with Gasteiger partial charge in [-0.15, -0.1) is 0 Å². The largest absolute Gasteiger partial charge is 0.508 e. The molecule has 0 bridgehead atoms. The minimum atomic E-state index is -0.755. The van der Waals surface area contributed by atoms with Gasteiger partial charge in [-0.05, 0) is 79.1 Å². The van der Waals surface area contributed by atoms with Crippen LogP contribution in [0.15, 0.2) is 36.4 Å². The number of hydrogen-bond donors (Lipinski definition) is 4. The summed E-state index contributed by atoms with van der Waals surface area (Å²) in [4.78, 5) is 0. The molecular weight excluding hydrogens is 392 g/mol. The van der Waals surface area contributed by atoms with Crippen LogP contribution in [-0.2, 0) is 12.8 Å². The predicted molar refractivity (Wildman–Crippen MR) is 110 cm³/mol. The number of aryl methyl sites for hydroxylation is 2. The summed E-state index contributed by atoms with van der Waals surface area (Å²) < 4.78 is 32.4. The van der Waals surface area contributed by atoms with Gasteiger partial charge >= 0.3 is 0 Å². The minimum Gasteiger partial charge on any atom is -0.508 e. The number of phenolic OH excluding ortho intramolecular Hbond substituents is 1. The first-order chi connectivity index (χ1) is 14.3. The van der Waals surface area contributed by atoms with Crippen molar-refractivity contribution < 1.29 is 28.8 Å². The molecule has 3 rings (SSSR count). The number of rotatable bonds is 9. The standard InChI is InChI=1S/C23H29F2NO4/c1-14(2-3-15-10-17(24)5-7-19(15)27)20(28)12-26-13-21(29)23-8-4-16-11-18(25)6-9-22(16)30-23/h5-7,9-11,14,20-21,23,26-29H,2-4,8,12-13H2,1H3/t14?,20-,21-,23-/m0/s1. The number of benzene rings is 2. The Morgan fingerprint density at radius 2 is 1.83 bits per heavy atom. The lowest BCUT2D eigenvalue weighted by molar-refractivity contribution is 0.0211. The summed E-state index contributed by atoms with van der Waals surface area (Å²) in [5.74, 6) is -0.125. The Balaban J connectivity index is 1.39. The average Bonchev–Trinajstić information content (AvgIpc) is 2.73. The van der Waals surface area contributed by atoms with Crippen LogP contribution in [0.2, 0.25) is 0 Å². The van der Waals surface area contributed by atoms with Crippen molar-refractivity contribution in [2.24, 2.45) is 5.92 Å². The van der Waals surface area contributed by atoms with Gasteiger partial charge in [-0.3, -0.25) is 0 Å². The van der Waals surface area contributed by atoms with Crippen LogP contribution in [0.3, 0.4) is 0 Å². The summed E-state index contributed by atoms with van der Waals surface area (Å²) in [5.41, 5.74) is 1.33. The van der Waals surface area contributed by atoms with E-state index < -0.39 is 18.0 Å². The molecule has 164 valence electrons. The summed E-state index contributed by atoms with van der Waals surface area (Å²) in [7, 11) is 0. The molecule has 1 aliphatic rings. The fraction of sp³-hybridized carbons (Fsp3) is 0.478. The first-order valence-corrected chi connectivity index (χ1v) is 10.3. The highest BCUT2D eigenvalue weighted by atomic mass is 19.1. The van der Waals surface area contributed by atoms with Gasteiger partial charge in [0, 0.05) is 13.1 Å². The monoisotopic (exact) mass is 421 g/mol. The molecule has 0 saturated carbocycles. The van der Waals surface area contributed by atoms with Crippen LogP contribution in [0.5, 0.6) is 11.5 Å². The quantitative estimate of drug-likeness (QED) is 0.501. The molecule has 1 aliphatic heterocycles. The molecule has 5 nitrogen and oxygen atoms in total. The maximum Gasteiger partial charge on any atom is 0.126 e. The molecular formula is C23H29F2NO4. The Morgan fingerprint density at radius 1 is 1.10 bits per heavy atom. The van der Waals surface area contributed by atoms with E-state index in [0.717, 1.165) is 5.56 Å². The zero-order valence-corrected chi connectivity index (χ0v) is 17.0. The number of halogens is 2. The van der Waals surface area contributed by atoms with Gasteiger partial charge in [-0.25, -0.2) is 8.78 Å². The summed E-state index contributed by atoms with van der Waals surface area (Å²) in [5, 5.41) is 33.6. The molecule has 30 heavy (non-hydrogen) atoms. The van der Waals surface area contributed by atoms with E-state index in [1.165, 1.54) is 30.3 Å². The number of nitrogens with one attached hydrogen (secondary N) is 1. The lowest BCUT2D eigenvalue weighted by Crippen LogP contribution is -2.44. The highest BCUT2D eigenvalue weighted by molar-refractivity contribution is 5.36. The summed E-state index contributed by atoms with van der Waals surface area (Å²) in [6, 6.07) is 8.22. The summed E-state index contributed by atoms with van der Waals surface area (Å²) >= 11 is 0. The normalized spacial score (nSPS) is 18.9. The Hall–Kier alpha value is -2.22. The number of phenols is 1. The van der Waals surface area contributed by atoms with Crippen molar-refractivity contribution in [1.82, 2.24) is 5.32 Å². The highest BCUT2D eigenvalue weighted by Gasteiger charge is 2.26. The van der Waals surface area contributed by atoms with E-state index in [4.69, 9.17) is 4.74 Å². The number of aliphatic hydroxyl groups is 2. The van der Waals surface area contributed by atoms with Gasteiger partial charge < -0.3 is 25.4 Å². The Morgan fingerprint density at radius 3 is 2.63 bits per heavy atom. The lowest BCUT2D eigenvalue weighted by Gasteiger charge is -2.30. The molecule has 7 heteroatoms. The highest BCUT2D eigenvalue weighted by Crippen LogP contribution is 2.29. The van der Waals surface area contributed by atoms with E-state index in [0.29, 0.717) is 43.5 Å². The molecule has 0 aliphatic carbocycles. The molecule has 4 N–H and O–H groups in total. The Kier molecular flexibility index (Phi) is 7.64. The van der Waals surface area contributed by atoms with Crippen LogP contribution in [0.1, 0.15) is 30.9 Å². The molecule has 0 amide bonds. The van der Waals surface area contributed by atoms with Gasteiger partial charge in [0.05, 0.1) is 6.10 Å². The minimum absolute atomic E-state index is 0.0520. The Bertz CT molecular complexity index is 848. The SMILES string of the molecule is CC(CCc1cc(F)ccc1O)[C@@H](O)CNC[C@H](O)[C@@H]1CCc2cc(F)ccc2O1. The van der Waals surface area contributed by atoms with Crippen molar-refractivity contribution >= 4 is 0 Å². The fourth-order valence-corrected chi connectivity index (χ4v) is 3.69. The molecule has 0 aromatic heterocycles. The zero-order chi connectivity index (χ0) is 21.7. The van der Waals surface area contributed by atoms with Crippen molar-refractivity contribution in [2.45, 2.75) is 50.9 Å². The number of ether oxygens (including phenoxy) is 1. The molecule has 0 saturated heterocycles. The van der Waals surface area contributed by atoms with E-state index in [9.17, 15) is 24.1 Å². The second-order valence-corrected chi connectivity index (χ2v) is 8.03. The van der Waals surface area contributed by atoms with Crippen molar-refractivity contribution in [1.29, 1.82) is 0 Å². The predicted octanol–water partition coefficient (Wildman–Crippen LogP) is 2.94. The van der Waals surface area contributed by atoms with Gasteiger partial charge in [0.15, 0.2) is 0 Å². The van der Waals surface area contributed by atoms with Crippen LogP contribution in [-0.4, -0.2) is 46.7 Å².